The zero-order chi connectivity index (χ0) is 22.5. The van der Waals surface area contributed by atoms with Crippen LogP contribution in [-0.4, -0.2) is 37.5 Å². The average molecular weight is 461 g/mol. The first-order valence-electron chi connectivity index (χ1n) is 8.66. The van der Waals surface area contributed by atoms with Crippen LogP contribution >= 0.6 is 11.6 Å². The number of hydrogen-bond acceptors (Lipinski definition) is 4. The predicted molar refractivity (Wildman–Crippen MR) is 105 cm³/mol. The van der Waals surface area contributed by atoms with Gasteiger partial charge in [-0.2, -0.15) is 13.2 Å². The number of carboxylic acids is 1. The molecule has 2 aromatic carbocycles. The molecule has 0 bridgehead atoms. The molecule has 5 nitrogen and oxygen atoms in total. The highest BCUT2D eigenvalue weighted by Gasteiger charge is 2.62. The highest BCUT2D eigenvalue weighted by molar-refractivity contribution is 7.90. The molecule has 0 amide bonds. The highest BCUT2D eigenvalue weighted by atomic mass is 35.5. The number of fused-ring (bicyclic) bond motifs is 1. The molecule has 1 N–H and O–H groups in total. The molecule has 3 rings (SSSR count). The van der Waals surface area contributed by atoms with Crippen molar-refractivity contribution in [3.63, 3.8) is 0 Å². The van der Waals surface area contributed by atoms with Crippen molar-refractivity contribution in [2.45, 2.75) is 30.0 Å². The summed E-state index contributed by atoms with van der Waals surface area (Å²) in [5.74, 6) is -2.07. The Balaban J connectivity index is 2.41. The maximum atomic E-state index is 14.0. The Kier molecular flexibility index (Phi) is 5.41. The number of carboxylic acid groups (broad SMARTS) is 1. The van der Waals surface area contributed by atoms with Crippen LogP contribution < -0.4 is 4.74 Å². The number of aliphatic carboxylic acids is 1. The summed E-state index contributed by atoms with van der Waals surface area (Å²) in [4.78, 5) is 11.5. The van der Waals surface area contributed by atoms with E-state index in [-0.39, 0.29) is 32.4 Å². The van der Waals surface area contributed by atoms with Crippen LogP contribution in [0.15, 0.2) is 46.9 Å². The molecule has 10 heteroatoms. The molecule has 0 saturated heterocycles. The SMILES string of the molecule is CCC1(C(F)(F)F)Oc2c(cc(Cl)cc2-c2ccccc2S(C)(=O)=O)C=C1C(=O)O. The molecular formula is C20H16ClF3O5S. The van der Waals surface area contributed by atoms with Gasteiger partial charge in [0.2, 0.25) is 5.60 Å². The molecular weight excluding hydrogens is 445 g/mol. The van der Waals surface area contributed by atoms with Gasteiger partial charge in [-0.15, -0.1) is 0 Å². The molecule has 0 saturated carbocycles. The molecule has 2 aromatic rings. The fourth-order valence-electron chi connectivity index (χ4n) is 3.46. The molecule has 0 fully saturated rings. The van der Waals surface area contributed by atoms with Gasteiger partial charge in [-0.25, -0.2) is 13.2 Å². The number of halogens is 4. The van der Waals surface area contributed by atoms with Gasteiger partial charge in [-0.1, -0.05) is 36.7 Å². The van der Waals surface area contributed by atoms with Gasteiger partial charge in [0.15, 0.2) is 9.84 Å². The lowest BCUT2D eigenvalue weighted by molar-refractivity contribution is -0.236. The maximum Gasteiger partial charge on any atom is 0.432 e. The minimum atomic E-state index is -5.04. The maximum absolute atomic E-state index is 14.0. The summed E-state index contributed by atoms with van der Waals surface area (Å²) in [6.07, 6.45) is -3.91. The molecule has 1 atom stereocenters. The molecule has 160 valence electrons. The lowest BCUT2D eigenvalue weighted by Crippen LogP contribution is -2.54. The summed E-state index contributed by atoms with van der Waals surface area (Å²) >= 11 is 6.12. The Labute approximate surface area is 175 Å². The minimum absolute atomic E-state index is 0.00605. The normalized spacial score (nSPS) is 18.9. The zero-order valence-corrected chi connectivity index (χ0v) is 17.3. The van der Waals surface area contributed by atoms with E-state index in [1.165, 1.54) is 36.4 Å². The van der Waals surface area contributed by atoms with Crippen LogP contribution in [0.4, 0.5) is 13.2 Å². The first kappa shape index (κ1) is 22.2. The van der Waals surface area contributed by atoms with Crippen molar-refractivity contribution in [2.75, 3.05) is 6.26 Å². The number of ether oxygens (including phenoxy) is 1. The molecule has 30 heavy (non-hydrogen) atoms. The lowest BCUT2D eigenvalue weighted by atomic mass is 9.84. The largest absolute Gasteiger partial charge is 0.478 e. The summed E-state index contributed by atoms with van der Waals surface area (Å²) < 4.78 is 71.9. The Bertz CT molecular complexity index is 1170. The summed E-state index contributed by atoms with van der Waals surface area (Å²) in [5, 5.41) is 9.52. The van der Waals surface area contributed by atoms with Crippen molar-refractivity contribution in [3.8, 4) is 16.9 Å². The van der Waals surface area contributed by atoms with Crippen molar-refractivity contribution in [2.24, 2.45) is 0 Å². The number of carbonyl (C=O) groups is 1. The van der Waals surface area contributed by atoms with E-state index in [1.807, 2.05) is 0 Å². The summed E-state index contributed by atoms with van der Waals surface area (Å²) in [6.45, 7) is 1.16. The minimum Gasteiger partial charge on any atom is -0.478 e. The Hall–Kier alpha value is -2.52. The second kappa shape index (κ2) is 7.31. The Morgan fingerprint density at radius 3 is 2.37 bits per heavy atom. The fourth-order valence-corrected chi connectivity index (χ4v) is 4.59. The van der Waals surface area contributed by atoms with Gasteiger partial charge in [-0.05, 0) is 30.7 Å². The monoisotopic (exact) mass is 460 g/mol. The van der Waals surface area contributed by atoms with Gasteiger partial charge >= 0.3 is 12.1 Å². The van der Waals surface area contributed by atoms with E-state index in [2.05, 4.69) is 0 Å². The molecule has 0 radical (unpaired) electrons. The van der Waals surface area contributed by atoms with E-state index in [9.17, 15) is 31.5 Å². The van der Waals surface area contributed by atoms with E-state index in [0.717, 1.165) is 19.3 Å². The zero-order valence-electron chi connectivity index (χ0n) is 15.7. The van der Waals surface area contributed by atoms with E-state index < -0.39 is 39.6 Å². The van der Waals surface area contributed by atoms with Crippen molar-refractivity contribution in [1.29, 1.82) is 0 Å². The fraction of sp³-hybridized carbons (Fsp3) is 0.250. The topological polar surface area (TPSA) is 80.7 Å². The van der Waals surface area contributed by atoms with Crippen LogP contribution in [0, 0.1) is 0 Å². The van der Waals surface area contributed by atoms with Gasteiger partial charge in [0.05, 0.1) is 10.5 Å². The van der Waals surface area contributed by atoms with Crippen LogP contribution in [-0.2, 0) is 14.6 Å². The molecule has 0 aliphatic carbocycles. The first-order valence-corrected chi connectivity index (χ1v) is 10.9. The van der Waals surface area contributed by atoms with Gasteiger partial charge < -0.3 is 9.84 Å². The summed E-state index contributed by atoms with van der Waals surface area (Å²) in [5.41, 5.74) is -3.96. The van der Waals surface area contributed by atoms with Crippen LogP contribution in [0.2, 0.25) is 5.02 Å². The lowest BCUT2D eigenvalue weighted by Gasteiger charge is -2.39. The number of hydrogen-bond donors (Lipinski definition) is 1. The third kappa shape index (κ3) is 3.56. The summed E-state index contributed by atoms with van der Waals surface area (Å²) in [7, 11) is -3.74. The van der Waals surface area contributed by atoms with Crippen LogP contribution in [0.5, 0.6) is 5.75 Å². The van der Waals surface area contributed by atoms with E-state index in [0.29, 0.717) is 0 Å². The molecule has 1 aliphatic rings. The molecule has 0 aromatic heterocycles. The second-order valence-electron chi connectivity index (χ2n) is 6.78. The van der Waals surface area contributed by atoms with Crippen molar-refractivity contribution in [3.05, 3.63) is 52.6 Å². The van der Waals surface area contributed by atoms with Crippen molar-refractivity contribution >= 4 is 33.5 Å². The van der Waals surface area contributed by atoms with E-state index in [1.54, 1.807) is 0 Å². The third-order valence-electron chi connectivity index (χ3n) is 4.86. The molecule has 1 unspecified atom stereocenters. The highest BCUT2D eigenvalue weighted by Crippen LogP contribution is 2.51. The first-order chi connectivity index (χ1) is 13.8. The van der Waals surface area contributed by atoms with Gasteiger partial charge in [-0.3, -0.25) is 0 Å². The van der Waals surface area contributed by atoms with Crippen LogP contribution in [0.1, 0.15) is 18.9 Å². The molecule has 0 spiro atoms. The van der Waals surface area contributed by atoms with Gasteiger partial charge in [0.25, 0.3) is 0 Å². The van der Waals surface area contributed by atoms with Gasteiger partial charge in [0, 0.05) is 28.0 Å². The van der Waals surface area contributed by atoms with Crippen molar-refractivity contribution < 1.29 is 36.2 Å². The number of sulfone groups is 1. The van der Waals surface area contributed by atoms with Gasteiger partial charge in [0.1, 0.15) is 5.75 Å². The van der Waals surface area contributed by atoms with E-state index in [4.69, 9.17) is 16.3 Å². The quantitative estimate of drug-likeness (QED) is 0.695. The molecule has 1 aliphatic heterocycles. The number of benzene rings is 2. The van der Waals surface area contributed by atoms with Crippen LogP contribution in [0.3, 0.4) is 0 Å². The Morgan fingerprint density at radius 2 is 1.83 bits per heavy atom. The third-order valence-corrected chi connectivity index (χ3v) is 6.23. The average Bonchev–Trinajstić information content (AvgIpc) is 2.64. The van der Waals surface area contributed by atoms with E-state index >= 15 is 0 Å². The number of rotatable bonds is 4. The smallest absolute Gasteiger partial charge is 0.432 e. The standard InChI is InChI=1S/C20H16ClF3O5S/c1-3-19(20(22,23)24)15(18(25)26)9-11-8-12(21)10-14(17(11)29-19)13-6-4-5-7-16(13)30(2,27)28/h4-10H,3H2,1-2H3,(H,25,26). The molecule has 1 heterocycles. The Morgan fingerprint density at radius 1 is 1.20 bits per heavy atom. The van der Waals surface area contributed by atoms with Crippen molar-refractivity contribution in [1.82, 2.24) is 0 Å². The second-order valence-corrected chi connectivity index (χ2v) is 9.20. The van der Waals surface area contributed by atoms with Crippen LogP contribution in [0.25, 0.3) is 17.2 Å². The summed E-state index contributed by atoms with van der Waals surface area (Å²) in [6, 6.07) is 8.30. The predicted octanol–water partition coefficient (Wildman–Crippen LogP) is 4.98. The number of alkyl halides is 3.